The summed E-state index contributed by atoms with van der Waals surface area (Å²) in [7, 11) is 2.08. The molecule has 1 saturated heterocycles. The van der Waals surface area contributed by atoms with E-state index in [1.807, 2.05) is 6.07 Å². The zero-order chi connectivity index (χ0) is 17.3. The Morgan fingerprint density at radius 1 is 1.23 bits per heavy atom. The highest BCUT2D eigenvalue weighted by Crippen LogP contribution is 2.45. The quantitative estimate of drug-likeness (QED) is 0.423. The molecule has 1 aromatic heterocycles. The molecule has 2 heterocycles. The van der Waals surface area contributed by atoms with Gasteiger partial charge in [0, 0.05) is 26.7 Å². The Balaban J connectivity index is 0.00000196. The topological polar surface area (TPSA) is 45.5 Å². The van der Waals surface area contributed by atoms with Crippen LogP contribution in [0.5, 0.6) is 0 Å². The molecule has 0 bridgehead atoms. The number of likely N-dealkylation sites (tertiary alicyclic amines) is 1. The second-order valence-corrected chi connectivity index (χ2v) is 7.62. The fraction of sp³-hybridized carbons (Fsp3) is 0.600. The lowest BCUT2D eigenvalue weighted by atomic mass is 9.86. The van der Waals surface area contributed by atoms with E-state index in [0.717, 1.165) is 30.4 Å². The minimum absolute atomic E-state index is 0. The minimum Gasteiger partial charge on any atom is -0.357 e. The van der Waals surface area contributed by atoms with Gasteiger partial charge in [0.15, 0.2) is 5.96 Å². The summed E-state index contributed by atoms with van der Waals surface area (Å²) in [6.45, 7) is 5.98. The van der Waals surface area contributed by atoms with Gasteiger partial charge in [-0.15, -0.1) is 24.0 Å². The van der Waals surface area contributed by atoms with E-state index >= 15 is 0 Å². The van der Waals surface area contributed by atoms with Gasteiger partial charge in [-0.1, -0.05) is 25.0 Å². The molecule has 1 spiro atoms. The third kappa shape index (κ3) is 3.70. The molecule has 6 heteroatoms. The van der Waals surface area contributed by atoms with Crippen LogP contribution in [-0.4, -0.2) is 40.0 Å². The maximum atomic E-state index is 4.92. The normalized spacial score (nSPS) is 19.3. The van der Waals surface area contributed by atoms with Crippen molar-refractivity contribution in [1.29, 1.82) is 0 Å². The summed E-state index contributed by atoms with van der Waals surface area (Å²) in [6.07, 6.45) is 6.92. The van der Waals surface area contributed by atoms with Gasteiger partial charge in [-0.05, 0) is 43.7 Å². The van der Waals surface area contributed by atoms with E-state index in [2.05, 4.69) is 47.0 Å². The predicted molar refractivity (Wildman–Crippen MR) is 118 cm³/mol. The van der Waals surface area contributed by atoms with Crippen LogP contribution in [0.4, 0.5) is 0 Å². The van der Waals surface area contributed by atoms with Gasteiger partial charge in [-0.25, -0.2) is 9.98 Å². The first-order valence-corrected chi connectivity index (χ1v) is 9.64. The van der Waals surface area contributed by atoms with Crippen molar-refractivity contribution in [2.45, 2.75) is 45.6 Å². The number of para-hydroxylation sites is 2. The van der Waals surface area contributed by atoms with Crippen LogP contribution in [0.3, 0.4) is 0 Å². The summed E-state index contributed by atoms with van der Waals surface area (Å²) < 4.78 is 2.16. The van der Waals surface area contributed by atoms with E-state index in [0.29, 0.717) is 12.0 Å². The number of aliphatic imine (C=N–C) groups is 1. The Morgan fingerprint density at radius 3 is 2.73 bits per heavy atom. The van der Waals surface area contributed by atoms with Gasteiger partial charge in [-0.2, -0.15) is 0 Å². The first-order chi connectivity index (χ1) is 12.2. The minimum atomic E-state index is 0. The van der Waals surface area contributed by atoms with Crippen LogP contribution in [0.2, 0.25) is 0 Å². The van der Waals surface area contributed by atoms with E-state index in [1.165, 1.54) is 44.2 Å². The fourth-order valence-electron chi connectivity index (χ4n) is 4.56. The second kappa shape index (κ2) is 8.15. The molecule has 4 rings (SSSR count). The molecule has 2 fully saturated rings. The number of aryl methyl sites for hydroxylation is 1. The number of hydrogen-bond acceptors (Lipinski definition) is 2. The van der Waals surface area contributed by atoms with Crippen molar-refractivity contribution < 1.29 is 0 Å². The number of nitrogens with one attached hydrogen (secondary N) is 1. The van der Waals surface area contributed by atoms with Gasteiger partial charge in [-0.3, -0.25) is 0 Å². The molecule has 1 aromatic carbocycles. The maximum absolute atomic E-state index is 4.92. The molecule has 0 radical (unpaired) electrons. The van der Waals surface area contributed by atoms with Crippen LogP contribution >= 0.6 is 24.0 Å². The molecule has 142 valence electrons. The summed E-state index contributed by atoms with van der Waals surface area (Å²) in [5.41, 5.74) is 2.78. The molecule has 1 aliphatic carbocycles. The lowest BCUT2D eigenvalue weighted by Gasteiger charge is -2.25. The number of benzene rings is 1. The zero-order valence-electron chi connectivity index (χ0n) is 15.9. The number of imidazole rings is 1. The van der Waals surface area contributed by atoms with E-state index < -0.39 is 0 Å². The number of halogens is 1. The molecular formula is C20H30IN5. The molecule has 0 amide bonds. The molecular weight excluding hydrogens is 437 g/mol. The Kier molecular flexibility index (Phi) is 6.10. The van der Waals surface area contributed by atoms with Crippen molar-refractivity contribution in [3.8, 4) is 0 Å². The average Bonchev–Trinajstić information content (AvgIpc) is 3.34. The van der Waals surface area contributed by atoms with Gasteiger partial charge in [0.2, 0.25) is 0 Å². The van der Waals surface area contributed by atoms with E-state index in [1.54, 1.807) is 0 Å². The molecule has 1 saturated carbocycles. The number of rotatable bonds is 3. The van der Waals surface area contributed by atoms with E-state index in [4.69, 9.17) is 9.98 Å². The summed E-state index contributed by atoms with van der Waals surface area (Å²) in [6, 6.07) is 8.29. The standard InChI is InChI=1S/C20H29N5.HI/c1-3-21-19(25-13-12-20(15-25)10-6-7-11-20)22-14-18-23-16-8-4-5-9-17(16)24(18)2;/h4-5,8-9H,3,6-7,10-15H2,1-2H3,(H,21,22);1H. The van der Waals surface area contributed by atoms with Crippen LogP contribution in [0.1, 0.15) is 44.9 Å². The highest BCUT2D eigenvalue weighted by atomic mass is 127. The summed E-state index contributed by atoms with van der Waals surface area (Å²) >= 11 is 0. The van der Waals surface area contributed by atoms with Gasteiger partial charge < -0.3 is 14.8 Å². The first kappa shape index (κ1) is 19.5. The largest absolute Gasteiger partial charge is 0.357 e. The average molecular weight is 467 g/mol. The molecule has 2 aromatic rings. The lowest BCUT2D eigenvalue weighted by Crippen LogP contribution is -2.41. The van der Waals surface area contributed by atoms with Crippen molar-refractivity contribution in [3.05, 3.63) is 30.1 Å². The van der Waals surface area contributed by atoms with Crippen molar-refractivity contribution in [2.75, 3.05) is 19.6 Å². The van der Waals surface area contributed by atoms with Crippen LogP contribution in [0.25, 0.3) is 11.0 Å². The Bertz CT molecular complexity index is 776. The Morgan fingerprint density at radius 2 is 2.00 bits per heavy atom. The van der Waals surface area contributed by atoms with Gasteiger partial charge in [0.1, 0.15) is 12.4 Å². The monoisotopic (exact) mass is 467 g/mol. The molecule has 2 aliphatic rings. The second-order valence-electron chi connectivity index (χ2n) is 7.62. The van der Waals surface area contributed by atoms with Crippen LogP contribution < -0.4 is 5.32 Å². The molecule has 0 atom stereocenters. The highest BCUT2D eigenvalue weighted by Gasteiger charge is 2.41. The summed E-state index contributed by atoms with van der Waals surface area (Å²) in [5, 5.41) is 3.49. The highest BCUT2D eigenvalue weighted by molar-refractivity contribution is 14.0. The van der Waals surface area contributed by atoms with E-state index in [9.17, 15) is 0 Å². The number of aromatic nitrogens is 2. The lowest BCUT2D eigenvalue weighted by molar-refractivity contribution is 0.309. The molecule has 0 unspecified atom stereocenters. The van der Waals surface area contributed by atoms with Crippen molar-refractivity contribution in [1.82, 2.24) is 19.8 Å². The maximum Gasteiger partial charge on any atom is 0.194 e. The van der Waals surface area contributed by atoms with Crippen molar-refractivity contribution >= 4 is 41.0 Å². The van der Waals surface area contributed by atoms with Crippen LogP contribution in [0, 0.1) is 5.41 Å². The zero-order valence-corrected chi connectivity index (χ0v) is 18.2. The third-order valence-corrected chi connectivity index (χ3v) is 5.99. The summed E-state index contributed by atoms with van der Waals surface area (Å²) in [5.74, 6) is 2.07. The van der Waals surface area contributed by atoms with Crippen LogP contribution in [-0.2, 0) is 13.6 Å². The Hall–Kier alpha value is -1.31. The number of nitrogens with zero attached hydrogens (tertiary/aromatic N) is 4. The smallest absolute Gasteiger partial charge is 0.194 e. The van der Waals surface area contributed by atoms with Gasteiger partial charge >= 0.3 is 0 Å². The van der Waals surface area contributed by atoms with Gasteiger partial charge in [0.25, 0.3) is 0 Å². The Labute approximate surface area is 173 Å². The SMILES string of the molecule is CCNC(=NCc1nc2ccccc2n1C)N1CCC2(CCCC2)C1.I. The molecule has 5 nitrogen and oxygen atoms in total. The number of guanidine groups is 1. The first-order valence-electron chi connectivity index (χ1n) is 9.64. The van der Waals surface area contributed by atoms with Crippen LogP contribution in [0.15, 0.2) is 29.3 Å². The molecule has 26 heavy (non-hydrogen) atoms. The third-order valence-electron chi connectivity index (χ3n) is 5.99. The summed E-state index contributed by atoms with van der Waals surface area (Å²) in [4.78, 5) is 12.1. The fourth-order valence-corrected chi connectivity index (χ4v) is 4.56. The van der Waals surface area contributed by atoms with Crippen molar-refractivity contribution in [2.24, 2.45) is 17.5 Å². The number of fused-ring (bicyclic) bond motifs is 1. The number of hydrogen-bond donors (Lipinski definition) is 1. The predicted octanol–water partition coefficient (Wildman–Crippen LogP) is 3.92. The van der Waals surface area contributed by atoms with Crippen molar-refractivity contribution in [3.63, 3.8) is 0 Å². The van der Waals surface area contributed by atoms with Gasteiger partial charge in [0.05, 0.1) is 11.0 Å². The molecule has 1 aliphatic heterocycles. The van der Waals surface area contributed by atoms with E-state index in [-0.39, 0.29) is 24.0 Å². The molecule has 1 N–H and O–H groups in total.